The minimum absolute atomic E-state index is 0.316. The molecule has 0 spiro atoms. The van der Waals surface area contributed by atoms with Crippen molar-refractivity contribution >= 4 is 13.6 Å². The fraction of sp³-hybridized carbons (Fsp3) is 0.727. The van der Waals surface area contributed by atoms with Crippen LogP contribution in [0.4, 0.5) is 0 Å². The number of H-pyrrole nitrogens is 1. The third-order valence-corrected chi connectivity index (χ3v) is 10.9. The molecule has 1 saturated heterocycles. The fourth-order valence-corrected chi connectivity index (χ4v) is 7.10. The van der Waals surface area contributed by atoms with Crippen molar-refractivity contribution in [1.29, 1.82) is 0 Å². The average Bonchev–Trinajstić information content (AvgIpc) is 3.07. The van der Waals surface area contributed by atoms with E-state index < -0.39 is 15.2 Å². The van der Waals surface area contributed by atoms with Crippen molar-refractivity contribution < 1.29 is 19.9 Å². The van der Waals surface area contributed by atoms with Crippen molar-refractivity contribution in [2.75, 3.05) is 6.61 Å². The zero-order chi connectivity index (χ0) is 11.0. The van der Waals surface area contributed by atoms with Crippen molar-refractivity contribution in [1.82, 2.24) is 10.2 Å². The van der Waals surface area contributed by atoms with Gasteiger partial charge in [0.05, 0.1) is 0 Å². The first-order valence-electron chi connectivity index (χ1n) is 6.09. The van der Waals surface area contributed by atoms with E-state index >= 15 is 0 Å². The predicted octanol–water partition coefficient (Wildman–Crippen LogP) is 3.32. The Morgan fingerprint density at radius 3 is 3.06 bits per heavy atom. The van der Waals surface area contributed by atoms with Gasteiger partial charge in [0.25, 0.3) is 0 Å². The molecule has 0 bridgehead atoms. The molecule has 0 amide bonds. The Kier molecular flexibility index (Phi) is 3.46. The van der Waals surface area contributed by atoms with Crippen molar-refractivity contribution in [2.24, 2.45) is 0 Å². The Hall–Kier alpha value is 0.273. The zero-order valence-electron chi connectivity index (χ0n) is 9.29. The number of rotatable bonds is 3. The van der Waals surface area contributed by atoms with Crippen LogP contribution in [0.25, 0.3) is 0 Å². The number of nitrogens with zero attached hydrogens (tertiary/aromatic N) is 1. The van der Waals surface area contributed by atoms with Crippen molar-refractivity contribution in [3.05, 3.63) is 17.5 Å². The SMILES string of the molecule is [Br][Zn][C@@H]1CCO[C@@H](c2c[nH]nc2C2CC2)C1. The second-order valence-corrected chi connectivity index (χ2v) is 11.3. The van der Waals surface area contributed by atoms with Gasteiger partial charge in [0.2, 0.25) is 0 Å². The van der Waals surface area contributed by atoms with Crippen LogP contribution < -0.4 is 0 Å². The van der Waals surface area contributed by atoms with Crippen molar-refractivity contribution in [3.8, 4) is 0 Å². The summed E-state index contributed by atoms with van der Waals surface area (Å²) in [4.78, 5) is 0. The van der Waals surface area contributed by atoms with Gasteiger partial charge in [0, 0.05) is 0 Å². The van der Waals surface area contributed by atoms with E-state index in [0.29, 0.717) is 6.10 Å². The molecule has 1 N–H and O–H groups in total. The molecule has 2 heterocycles. The molecule has 3 rings (SSSR count). The molecule has 1 saturated carbocycles. The second-order valence-electron chi connectivity index (χ2n) is 4.90. The molecule has 1 aromatic rings. The maximum absolute atomic E-state index is 5.92. The van der Waals surface area contributed by atoms with E-state index in [0.717, 1.165) is 17.0 Å². The Labute approximate surface area is 110 Å². The van der Waals surface area contributed by atoms with E-state index in [9.17, 15) is 0 Å². The molecule has 1 aliphatic heterocycles. The summed E-state index contributed by atoms with van der Waals surface area (Å²) in [6.07, 6.45) is 7.47. The van der Waals surface area contributed by atoms with Crippen LogP contribution in [0.5, 0.6) is 0 Å². The van der Waals surface area contributed by atoms with Crippen LogP contribution in [-0.2, 0) is 19.9 Å². The van der Waals surface area contributed by atoms with E-state index in [1.807, 2.05) is 0 Å². The van der Waals surface area contributed by atoms with Gasteiger partial charge in [-0.25, -0.2) is 0 Å². The van der Waals surface area contributed by atoms with Crippen LogP contribution >= 0.6 is 13.6 Å². The number of halogens is 1. The zero-order valence-corrected chi connectivity index (χ0v) is 13.8. The molecule has 3 nitrogen and oxygen atoms in total. The van der Waals surface area contributed by atoms with Gasteiger partial charge in [0.15, 0.2) is 0 Å². The fourth-order valence-electron chi connectivity index (χ4n) is 2.47. The third kappa shape index (κ3) is 2.27. The molecule has 5 heteroatoms. The van der Waals surface area contributed by atoms with Gasteiger partial charge in [-0.2, -0.15) is 0 Å². The van der Waals surface area contributed by atoms with E-state index in [1.54, 1.807) is 0 Å². The molecular weight excluding hydrogens is 321 g/mol. The van der Waals surface area contributed by atoms with Crippen LogP contribution in [-0.4, -0.2) is 16.8 Å². The molecule has 0 unspecified atom stereocenters. The molecule has 2 fully saturated rings. The molecule has 1 aromatic heterocycles. The Morgan fingerprint density at radius 2 is 2.31 bits per heavy atom. The third-order valence-electron chi connectivity index (χ3n) is 3.62. The van der Waals surface area contributed by atoms with Gasteiger partial charge in [-0.05, 0) is 0 Å². The Morgan fingerprint density at radius 1 is 1.44 bits per heavy atom. The van der Waals surface area contributed by atoms with Gasteiger partial charge in [-0.1, -0.05) is 0 Å². The summed E-state index contributed by atoms with van der Waals surface area (Å²) in [6.45, 7) is 0.932. The van der Waals surface area contributed by atoms with Crippen LogP contribution in [0, 0.1) is 0 Å². The maximum atomic E-state index is 5.92. The topological polar surface area (TPSA) is 37.9 Å². The van der Waals surface area contributed by atoms with Crippen LogP contribution in [0.1, 0.15) is 49.0 Å². The molecule has 0 aromatic carbocycles. The summed E-state index contributed by atoms with van der Waals surface area (Å²) in [5.41, 5.74) is 2.63. The molecule has 16 heavy (non-hydrogen) atoms. The molecule has 2 atom stereocenters. The van der Waals surface area contributed by atoms with Gasteiger partial charge in [-0.3, -0.25) is 0 Å². The number of ether oxygens (including phenoxy) is 1. The van der Waals surface area contributed by atoms with E-state index in [4.69, 9.17) is 4.74 Å². The van der Waals surface area contributed by atoms with E-state index in [2.05, 4.69) is 30.0 Å². The van der Waals surface area contributed by atoms with Gasteiger partial charge in [0.1, 0.15) is 0 Å². The van der Waals surface area contributed by atoms with E-state index in [-0.39, 0.29) is 0 Å². The Balaban J connectivity index is 1.77. The summed E-state index contributed by atoms with van der Waals surface area (Å²) in [6, 6.07) is 0. The quantitative estimate of drug-likeness (QED) is 0.860. The molecular formula is C11H15BrN2OZn. The van der Waals surface area contributed by atoms with Crippen molar-refractivity contribution in [3.63, 3.8) is 0 Å². The summed E-state index contributed by atoms with van der Waals surface area (Å²) in [5, 5.41) is 7.43. The van der Waals surface area contributed by atoms with Crippen molar-refractivity contribution in [2.45, 2.75) is 42.2 Å². The number of nitrogens with one attached hydrogen (secondary N) is 1. The normalized spacial score (nSPS) is 30.1. The molecule has 1 aliphatic carbocycles. The molecule has 2 aliphatic rings. The van der Waals surface area contributed by atoms with Gasteiger partial charge < -0.3 is 0 Å². The summed E-state index contributed by atoms with van der Waals surface area (Å²) in [7, 11) is 0. The monoisotopic (exact) mass is 334 g/mol. The van der Waals surface area contributed by atoms with Crippen LogP contribution in [0.15, 0.2) is 6.20 Å². The second kappa shape index (κ2) is 4.87. The predicted molar refractivity (Wildman–Crippen MR) is 61.2 cm³/mol. The van der Waals surface area contributed by atoms with Crippen LogP contribution in [0.3, 0.4) is 0 Å². The summed E-state index contributed by atoms with van der Waals surface area (Å²) >= 11 is 3.30. The number of aromatic nitrogens is 2. The first kappa shape index (κ1) is 11.4. The summed E-state index contributed by atoms with van der Waals surface area (Å²) in [5.74, 6) is 0.718. The standard InChI is InChI=1S/C11H15N2O.BrH.Zn/c1-2-6-14-10(3-1)9-7-12-13-11(9)8-4-5-8;;/h1,7-8,10H,2-6H2,(H,12,13);1H;/q;;+1/p-1/t10-;;/m1../s1. The van der Waals surface area contributed by atoms with Crippen LogP contribution in [0.2, 0.25) is 4.51 Å². The number of aromatic amines is 1. The summed E-state index contributed by atoms with van der Waals surface area (Å²) < 4.78 is 6.86. The van der Waals surface area contributed by atoms with Gasteiger partial charge in [-0.15, -0.1) is 0 Å². The number of hydrogen-bond acceptors (Lipinski definition) is 2. The first-order chi connectivity index (χ1) is 7.88. The molecule has 0 radical (unpaired) electrons. The average molecular weight is 337 g/mol. The number of hydrogen-bond donors (Lipinski definition) is 1. The Bertz CT molecular complexity index is 367. The minimum atomic E-state index is -0.470. The first-order valence-corrected chi connectivity index (χ1v) is 14.8. The van der Waals surface area contributed by atoms with Gasteiger partial charge >= 0.3 is 110 Å². The van der Waals surface area contributed by atoms with E-state index in [1.165, 1.54) is 36.9 Å². The molecule has 84 valence electrons.